The predicted octanol–water partition coefficient (Wildman–Crippen LogP) is 5.45. The number of aryl methyl sites for hydroxylation is 3. The summed E-state index contributed by atoms with van der Waals surface area (Å²) in [5, 5.41) is 4.56. The van der Waals surface area contributed by atoms with Gasteiger partial charge in [-0.3, -0.25) is 4.72 Å². The molecule has 0 saturated heterocycles. The van der Waals surface area contributed by atoms with Gasteiger partial charge in [-0.25, -0.2) is 23.1 Å². The van der Waals surface area contributed by atoms with Crippen molar-refractivity contribution >= 4 is 15.7 Å². The molecule has 11 heteroatoms. The Morgan fingerprint density at radius 3 is 2.21 bits per heavy atom. The molecule has 0 saturated carbocycles. The van der Waals surface area contributed by atoms with Gasteiger partial charge < -0.3 is 9.15 Å². The van der Waals surface area contributed by atoms with E-state index in [2.05, 4.69) is 24.8 Å². The molecule has 0 aliphatic heterocycles. The molecule has 0 bridgehead atoms. The van der Waals surface area contributed by atoms with Gasteiger partial charge in [0, 0.05) is 29.9 Å². The minimum atomic E-state index is -3.79. The molecule has 5 aromatic rings. The zero-order valence-corrected chi connectivity index (χ0v) is 22.4. The Labute approximate surface area is 220 Å². The minimum Gasteiger partial charge on any atom is -0.449 e. The summed E-state index contributed by atoms with van der Waals surface area (Å²) in [6.07, 6.45) is 1.53. The summed E-state index contributed by atoms with van der Waals surface area (Å²) in [5.74, 6) is 2.54. The quantitative estimate of drug-likeness (QED) is 0.294. The summed E-state index contributed by atoms with van der Waals surface area (Å²) in [6.45, 7) is 9.49. The highest BCUT2D eigenvalue weighted by Gasteiger charge is 2.16. The third-order valence-electron chi connectivity index (χ3n) is 6.08. The summed E-state index contributed by atoms with van der Waals surface area (Å²) in [7, 11) is -3.79. The SMILES string of the molecule is Cc1nc(Oc2ccc(NS(=O)(=O)c3ccc(-c4coc(C)n4)cc3)cc2)cc(-n2nc(C)c(C)c2C)n1. The van der Waals surface area contributed by atoms with Gasteiger partial charge >= 0.3 is 0 Å². The normalized spacial score (nSPS) is 11.5. The zero-order chi connectivity index (χ0) is 27.0. The van der Waals surface area contributed by atoms with Crippen LogP contribution in [0, 0.1) is 34.6 Å². The van der Waals surface area contributed by atoms with Gasteiger partial charge in [0.2, 0.25) is 5.88 Å². The van der Waals surface area contributed by atoms with Crippen LogP contribution in [-0.2, 0) is 10.0 Å². The summed E-state index contributed by atoms with van der Waals surface area (Å²) < 4.78 is 41.3. The van der Waals surface area contributed by atoms with E-state index in [1.54, 1.807) is 61.0 Å². The fourth-order valence-electron chi connectivity index (χ4n) is 3.86. The van der Waals surface area contributed by atoms with Crippen LogP contribution < -0.4 is 9.46 Å². The number of hydrogen-bond donors (Lipinski definition) is 1. The third-order valence-corrected chi connectivity index (χ3v) is 7.48. The fraction of sp³-hybridized carbons (Fsp3) is 0.185. The number of hydrogen-bond acceptors (Lipinski definition) is 8. The van der Waals surface area contributed by atoms with E-state index in [1.807, 2.05) is 20.8 Å². The van der Waals surface area contributed by atoms with Crippen molar-refractivity contribution in [1.82, 2.24) is 24.7 Å². The Kier molecular flexibility index (Phi) is 6.45. The fourth-order valence-corrected chi connectivity index (χ4v) is 4.92. The van der Waals surface area contributed by atoms with Gasteiger partial charge in [0.05, 0.1) is 10.6 Å². The Hall–Kier alpha value is -4.51. The molecule has 38 heavy (non-hydrogen) atoms. The van der Waals surface area contributed by atoms with Crippen molar-refractivity contribution in [2.24, 2.45) is 0 Å². The predicted molar refractivity (Wildman–Crippen MR) is 142 cm³/mol. The van der Waals surface area contributed by atoms with E-state index in [0.29, 0.717) is 40.5 Å². The van der Waals surface area contributed by atoms with Crippen molar-refractivity contribution in [3.8, 4) is 28.7 Å². The summed E-state index contributed by atoms with van der Waals surface area (Å²) in [5.41, 5.74) is 4.82. The van der Waals surface area contributed by atoms with E-state index in [9.17, 15) is 8.42 Å². The second kappa shape index (κ2) is 9.75. The lowest BCUT2D eigenvalue weighted by molar-refractivity contribution is 0.459. The third kappa shape index (κ3) is 5.14. The number of benzene rings is 2. The maximum Gasteiger partial charge on any atom is 0.261 e. The number of oxazole rings is 1. The topological polar surface area (TPSA) is 125 Å². The lowest BCUT2D eigenvalue weighted by atomic mass is 10.2. The van der Waals surface area contributed by atoms with Crippen LogP contribution in [0.4, 0.5) is 5.69 Å². The van der Waals surface area contributed by atoms with Gasteiger partial charge in [-0.2, -0.15) is 10.1 Å². The molecule has 5 rings (SSSR count). The summed E-state index contributed by atoms with van der Waals surface area (Å²) in [6, 6.07) is 14.7. The Bertz CT molecular complexity index is 1720. The largest absolute Gasteiger partial charge is 0.449 e. The minimum absolute atomic E-state index is 0.130. The molecule has 0 amide bonds. The van der Waals surface area contributed by atoms with Crippen LogP contribution >= 0.6 is 0 Å². The van der Waals surface area contributed by atoms with Crippen LogP contribution in [0.3, 0.4) is 0 Å². The highest BCUT2D eigenvalue weighted by Crippen LogP contribution is 2.26. The van der Waals surface area contributed by atoms with Crippen LogP contribution in [0.2, 0.25) is 0 Å². The first-order valence-electron chi connectivity index (χ1n) is 11.8. The molecule has 10 nitrogen and oxygen atoms in total. The van der Waals surface area contributed by atoms with Gasteiger partial charge in [0.25, 0.3) is 10.0 Å². The maximum absolute atomic E-state index is 12.9. The first-order chi connectivity index (χ1) is 18.1. The molecular weight excluding hydrogens is 504 g/mol. The smallest absolute Gasteiger partial charge is 0.261 e. The molecule has 0 unspecified atom stereocenters. The van der Waals surface area contributed by atoms with E-state index in [0.717, 1.165) is 22.5 Å². The molecule has 1 N–H and O–H groups in total. The van der Waals surface area contributed by atoms with Gasteiger partial charge in [0.1, 0.15) is 23.5 Å². The average molecular weight is 531 g/mol. The number of rotatable bonds is 7. The first kappa shape index (κ1) is 25.2. The Morgan fingerprint density at radius 2 is 1.61 bits per heavy atom. The van der Waals surface area contributed by atoms with E-state index in [-0.39, 0.29) is 4.90 Å². The second-order valence-electron chi connectivity index (χ2n) is 8.83. The molecule has 0 radical (unpaired) electrons. The molecule has 194 valence electrons. The second-order valence-corrected chi connectivity index (χ2v) is 10.5. The lowest BCUT2D eigenvalue weighted by Gasteiger charge is -2.11. The van der Waals surface area contributed by atoms with Crippen LogP contribution in [0.15, 0.2) is 70.2 Å². The number of nitrogens with zero attached hydrogens (tertiary/aromatic N) is 5. The van der Waals surface area contributed by atoms with Gasteiger partial charge in [-0.05, 0) is 69.7 Å². The average Bonchev–Trinajstić information content (AvgIpc) is 3.43. The molecule has 0 fully saturated rings. The lowest BCUT2D eigenvalue weighted by Crippen LogP contribution is -2.12. The monoisotopic (exact) mass is 530 g/mol. The molecule has 0 atom stereocenters. The van der Waals surface area contributed by atoms with Crippen molar-refractivity contribution in [3.63, 3.8) is 0 Å². The standard InChI is InChI=1S/C27H26N6O4S/c1-16-17(2)31-33(18(16)3)26-14-27(29-19(4)28-26)37-23-10-8-22(9-11-23)32-38(34,35)24-12-6-21(7-13-24)25-15-36-20(5)30-25/h6-15,32H,1-5H3. The molecular formula is C27H26N6O4S. The van der Waals surface area contributed by atoms with Crippen LogP contribution in [-0.4, -0.2) is 33.2 Å². The van der Waals surface area contributed by atoms with Crippen molar-refractivity contribution in [3.05, 3.63) is 89.5 Å². The van der Waals surface area contributed by atoms with Gasteiger partial charge in [-0.15, -0.1) is 0 Å². The highest BCUT2D eigenvalue weighted by molar-refractivity contribution is 7.92. The molecule has 3 aromatic heterocycles. The number of nitrogens with one attached hydrogen (secondary N) is 1. The first-order valence-corrected chi connectivity index (χ1v) is 13.3. The molecule has 0 aliphatic carbocycles. The van der Waals surface area contributed by atoms with Crippen molar-refractivity contribution in [1.29, 1.82) is 0 Å². The van der Waals surface area contributed by atoms with Crippen molar-refractivity contribution in [2.75, 3.05) is 4.72 Å². The Balaban J connectivity index is 1.30. The highest BCUT2D eigenvalue weighted by atomic mass is 32.2. The van der Waals surface area contributed by atoms with Crippen LogP contribution in [0.1, 0.15) is 28.7 Å². The number of anilines is 1. The van der Waals surface area contributed by atoms with Crippen molar-refractivity contribution < 1.29 is 17.6 Å². The van der Waals surface area contributed by atoms with Crippen LogP contribution in [0.25, 0.3) is 17.1 Å². The van der Waals surface area contributed by atoms with E-state index >= 15 is 0 Å². The Morgan fingerprint density at radius 1 is 0.895 bits per heavy atom. The van der Waals surface area contributed by atoms with Gasteiger partial charge in [-0.1, -0.05) is 12.1 Å². The molecule has 0 aliphatic rings. The number of ether oxygens (including phenoxy) is 1. The number of aromatic nitrogens is 5. The van der Waals surface area contributed by atoms with Crippen molar-refractivity contribution in [2.45, 2.75) is 39.5 Å². The maximum atomic E-state index is 12.9. The van der Waals surface area contributed by atoms with Gasteiger partial charge in [0.15, 0.2) is 11.7 Å². The van der Waals surface area contributed by atoms with Crippen LogP contribution in [0.5, 0.6) is 11.6 Å². The van der Waals surface area contributed by atoms with E-state index in [4.69, 9.17) is 9.15 Å². The zero-order valence-electron chi connectivity index (χ0n) is 21.6. The van der Waals surface area contributed by atoms with E-state index < -0.39 is 10.0 Å². The summed E-state index contributed by atoms with van der Waals surface area (Å²) in [4.78, 5) is 13.2. The number of sulfonamides is 1. The summed E-state index contributed by atoms with van der Waals surface area (Å²) >= 11 is 0. The molecule has 2 aromatic carbocycles. The van der Waals surface area contributed by atoms with E-state index in [1.165, 1.54) is 18.4 Å². The molecule has 0 spiro atoms. The molecule has 3 heterocycles.